The van der Waals surface area contributed by atoms with Crippen LogP contribution in [0.15, 0.2) is 73.7 Å². The Morgan fingerprint density at radius 1 is 0.988 bits per heavy atom. The summed E-state index contributed by atoms with van der Waals surface area (Å²) in [6.07, 6.45) is 25.9. The fourth-order valence-electron chi connectivity index (χ4n) is 15.1. The van der Waals surface area contributed by atoms with Gasteiger partial charge in [-0.15, -0.1) is 37.5 Å². The minimum Gasteiger partial charge on any atom is -0.378 e. The number of hydrazine groups is 1. The van der Waals surface area contributed by atoms with E-state index in [4.69, 9.17) is 24.6 Å². The summed E-state index contributed by atoms with van der Waals surface area (Å²) in [5, 5.41) is 10.3. The van der Waals surface area contributed by atoms with Crippen molar-refractivity contribution in [2.45, 2.75) is 154 Å². The number of pyridine rings is 1. The molecule has 7 aliphatic heterocycles. The Hall–Kier alpha value is -3.75. The van der Waals surface area contributed by atoms with E-state index in [1.165, 1.54) is 76.5 Å². The molecule has 1 spiro atoms. The van der Waals surface area contributed by atoms with Crippen molar-refractivity contribution < 1.29 is 42.7 Å². The van der Waals surface area contributed by atoms with Gasteiger partial charge in [0.15, 0.2) is 0 Å². The second-order valence-electron chi connectivity index (χ2n) is 26.1. The van der Waals surface area contributed by atoms with Crippen LogP contribution in [-0.4, -0.2) is 163 Å². The van der Waals surface area contributed by atoms with Crippen LogP contribution in [0.1, 0.15) is 127 Å². The van der Waals surface area contributed by atoms with Crippen LogP contribution in [0.25, 0.3) is 27.7 Å². The van der Waals surface area contributed by atoms with Crippen molar-refractivity contribution in [1.29, 1.82) is 0 Å². The molecule has 0 amide bonds. The van der Waals surface area contributed by atoms with Crippen LogP contribution >= 0.6 is 0 Å². The number of hydrogen-bond donors (Lipinski definition) is 3. The molecule has 6 saturated heterocycles. The van der Waals surface area contributed by atoms with Crippen molar-refractivity contribution in [2.75, 3.05) is 104 Å². The van der Waals surface area contributed by atoms with E-state index in [0.717, 1.165) is 143 Å². The Labute approximate surface area is 506 Å². The van der Waals surface area contributed by atoms with E-state index in [2.05, 4.69) is 103 Å². The molecule has 0 radical (unpaired) electrons. The van der Waals surface area contributed by atoms with Gasteiger partial charge in [-0.2, -0.15) is 13.2 Å². The van der Waals surface area contributed by atoms with Crippen LogP contribution in [-0.2, 0) is 13.0 Å². The molecule has 2 aromatic heterocycles. The number of rotatable bonds is 19. The minimum atomic E-state index is -4.45. The third kappa shape index (κ3) is 15.0. The molecule has 15 heteroatoms. The standard InChI is InChI=1S/C62H88F3N10.C4H7N.Na/c1-8-10-25-60(5,6)36-54-52-34-48(23-24-57(52)74(44-62(63,64)65)59(54)53-35-51(37-66-55(53)9-2)72-33-32-71-29-15-13-22-50(71)39-72)49-21-17-28-70(38-49)40-56(46(4)75-31-16-14-27-67-75)68-45(3)58(47-19-11-12-20-47)73-30-18-26-61(43-73)41-69(7)42-61;1-2-4-3-5-4;/h1,9,21,23-24,34-35,37,47,50,56,58,67-68H,3-4,10-20,22,25-33,36,38-44H2,2,5-7H3;2,4-5H,1,3H2;/q-1;;+1. The molecule has 1 aromatic carbocycles. The van der Waals surface area contributed by atoms with Gasteiger partial charge in [0.05, 0.1) is 12.1 Å². The largest absolute Gasteiger partial charge is 1.00 e. The first-order chi connectivity index (χ1) is 38.5. The third-order valence-corrected chi connectivity index (χ3v) is 19.2. The predicted octanol–water partition coefficient (Wildman–Crippen LogP) is 7.90. The van der Waals surface area contributed by atoms with Crippen molar-refractivity contribution in [3.8, 4) is 23.6 Å². The van der Waals surface area contributed by atoms with E-state index in [9.17, 15) is 0 Å². The molecule has 436 valence electrons. The Morgan fingerprint density at radius 3 is 2.46 bits per heavy atom. The molecular weight excluding hydrogens is 1030 g/mol. The van der Waals surface area contributed by atoms with Gasteiger partial charge in [-0.1, -0.05) is 70.2 Å². The van der Waals surface area contributed by atoms with Crippen LogP contribution in [0.5, 0.6) is 0 Å². The fourth-order valence-corrected chi connectivity index (χ4v) is 15.1. The molecular formula is C66H95F3N11Na. The van der Waals surface area contributed by atoms with Crippen molar-refractivity contribution in [2.24, 2.45) is 16.7 Å². The summed E-state index contributed by atoms with van der Waals surface area (Å²) < 4.78 is 46.9. The molecule has 11 rings (SSSR count). The van der Waals surface area contributed by atoms with Gasteiger partial charge in [-0.05, 0) is 137 Å². The third-order valence-electron chi connectivity index (χ3n) is 19.2. The van der Waals surface area contributed by atoms with Crippen LogP contribution < -0.4 is 50.5 Å². The molecule has 3 N–H and O–H groups in total. The number of hydrogen-bond acceptors (Lipinski definition) is 10. The maximum atomic E-state index is 15.1. The van der Waals surface area contributed by atoms with Gasteiger partial charge < -0.3 is 30.0 Å². The van der Waals surface area contributed by atoms with Gasteiger partial charge in [-0.25, -0.2) is 11.8 Å². The summed E-state index contributed by atoms with van der Waals surface area (Å²) in [5.41, 5.74) is 12.8. The zero-order chi connectivity index (χ0) is 56.2. The molecule has 0 bridgehead atoms. The molecule has 1 aliphatic carbocycles. The zero-order valence-corrected chi connectivity index (χ0v) is 52.1. The summed E-state index contributed by atoms with van der Waals surface area (Å²) in [6, 6.07) is 9.73. The molecule has 3 aromatic rings. The quantitative estimate of drug-likeness (QED) is 0.0363. The maximum Gasteiger partial charge on any atom is 1.00 e. The Balaban J connectivity index is 0.00000125. The topological polar surface area (TPSA) is 83.3 Å². The van der Waals surface area contributed by atoms with Crippen molar-refractivity contribution >= 4 is 22.2 Å². The smallest absolute Gasteiger partial charge is 0.378 e. The second-order valence-corrected chi connectivity index (χ2v) is 26.1. The monoisotopic (exact) mass is 1120 g/mol. The van der Waals surface area contributed by atoms with Gasteiger partial charge in [0.2, 0.25) is 0 Å². The number of halogens is 3. The van der Waals surface area contributed by atoms with Crippen molar-refractivity contribution in [3.05, 3.63) is 97.0 Å². The number of nitrogens with zero attached hydrogens (tertiary/aromatic N) is 8. The summed E-state index contributed by atoms with van der Waals surface area (Å²) in [7, 11) is 2.26. The summed E-state index contributed by atoms with van der Waals surface area (Å²) >= 11 is 0. The number of piperidine rings is 2. The van der Waals surface area contributed by atoms with E-state index in [0.29, 0.717) is 59.2 Å². The second kappa shape index (κ2) is 27.1. The molecule has 7 fully saturated rings. The van der Waals surface area contributed by atoms with Gasteiger partial charge in [0.25, 0.3) is 0 Å². The Kier molecular flexibility index (Phi) is 20.7. The molecule has 4 atom stereocenters. The van der Waals surface area contributed by atoms with Crippen LogP contribution in [0.2, 0.25) is 0 Å². The van der Waals surface area contributed by atoms with E-state index < -0.39 is 12.7 Å². The Bertz CT molecular complexity index is 2710. The minimum absolute atomic E-state index is 0. The average molecular weight is 1120 g/mol. The van der Waals surface area contributed by atoms with E-state index in [1.54, 1.807) is 4.57 Å². The average Bonchev–Trinajstić information content (AvgIpc) is 4.18. The zero-order valence-electron chi connectivity index (χ0n) is 50.1. The van der Waals surface area contributed by atoms with Gasteiger partial charge in [0.1, 0.15) is 6.54 Å². The van der Waals surface area contributed by atoms with Crippen LogP contribution in [0.3, 0.4) is 0 Å². The first-order valence-corrected chi connectivity index (χ1v) is 30.8. The molecule has 8 aliphatic rings. The first kappa shape index (κ1) is 61.8. The first-order valence-electron chi connectivity index (χ1n) is 30.8. The normalized spacial score (nSPS) is 23.7. The SMILES string of the molecule is C#CCCC(C)(C)Cc1c(-c2cc(N3CCN4CCCCC4C3)cnc2[CH-]C)n(CC(F)(F)F)c2ccc(C3=CCCN(CC(NC(=C)C(C4CCCC4)N4CCCC5(CN(C)C5)C4)C(=C)N4CCCCN4)C3)cc12.C=CC1CN1.[Na+]. The number of piperazine rings is 1. The number of anilines is 1. The summed E-state index contributed by atoms with van der Waals surface area (Å²) in [4.78, 5) is 17.9. The molecule has 81 heavy (non-hydrogen) atoms. The predicted molar refractivity (Wildman–Crippen MR) is 324 cm³/mol. The summed E-state index contributed by atoms with van der Waals surface area (Å²) in [5.74, 6) is 3.44. The van der Waals surface area contributed by atoms with Gasteiger partial charge >= 0.3 is 35.7 Å². The molecule has 9 heterocycles. The number of fused-ring (bicyclic) bond motifs is 2. The number of alkyl halides is 3. The molecule has 11 nitrogen and oxygen atoms in total. The number of terminal acetylenes is 1. The summed E-state index contributed by atoms with van der Waals surface area (Å²) in [6.45, 7) is 32.5. The van der Waals surface area contributed by atoms with Crippen LogP contribution in [0.4, 0.5) is 18.9 Å². The number of benzene rings is 1. The van der Waals surface area contributed by atoms with E-state index in [-0.39, 0.29) is 41.0 Å². The number of likely N-dealkylation sites (tertiary alicyclic amines) is 2. The molecule has 4 unspecified atom stereocenters. The Morgan fingerprint density at radius 2 is 1.77 bits per heavy atom. The fraction of sp³-hybridized carbons (Fsp3) is 0.636. The van der Waals surface area contributed by atoms with Crippen molar-refractivity contribution in [1.82, 2.24) is 50.2 Å². The van der Waals surface area contributed by atoms with Gasteiger partial charge in [-0.3, -0.25) is 19.7 Å². The number of aromatic nitrogens is 2. The number of nitrogens with one attached hydrogen (secondary N) is 3. The van der Waals surface area contributed by atoms with Crippen molar-refractivity contribution in [3.63, 3.8) is 0 Å². The molecule has 1 saturated carbocycles. The van der Waals surface area contributed by atoms with Crippen LogP contribution in [0, 0.1) is 35.5 Å². The maximum absolute atomic E-state index is 15.1. The van der Waals surface area contributed by atoms with E-state index in [1.807, 2.05) is 31.7 Å². The van der Waals surface area contributed by atoms with Gasteiger partial charge in [0, 0.05) is 137 Å². The van der Waals surface area contributed by atoms with E-state index >= 15 is 13.2 Å².